The molecule has 2 heterocycles. The van der Waals surface area contributed by atoms with Gasteiger partial charge in [0.2, 0.25) is 5.91 Å². The number of thioether (sulfide) groups is 1. The predicted octanol–water partition coefficient (Wildman–Crippen LogP) is 0.312. The number of urea groups is 1. The normalized spacial score (nSPS) is 30.1. The Balaban J connectivity index is 1.81. The Kier molecular flexibility index (Phi) is 5.58. The van der Waals surface area contributed by atoms with Crippen molar-refractivity contribution in [3.05, 3.63) is 0 Å². The molecule has 5 atom stereocenters. The maximum atomic E-state index is 11.3. The number of aliphatic carboxylic acids is 1. The van der Waals surface area contributed by atoms with Crippen molar-refractivity contribution in [3.63, 3.8) is 0 Å². The second-order valence-corrected chi connectivity index (χ2v) is 7.92. The molecular formula is C12H18IN3O4S. The molecule has 9 heteroatoms. The standard InChI is InChI=1S/C12H18IN3O4S/c13-8(10(14)17)5(11(18)19)2-1-3-7-9-6(4-21-7)15-12(20)16-9/h5-9H,1-4H2,(H2,14,17)(H,18,19)(H2,15,16,20)/t5?,6-,7-,8?,9-/m0/s1. The first kappa shape index (κ1) is 16.7. The van der Waals surface area contributed by atoms with Gasteiger partial charge >= 0.3 is 12.0 Å². The van der Waals surface area contributed by atoms with E-state index in [0.29, 0.717) is 18.1 Å². The van der Waals surface area contributed by atoms with Crippen LogP contribution in [-0.2, 0) is 9.59 Å². The zero-order valence-corrected chi connectivity index (χ0v) is 14.2. The number of halogens is 1. The smallest absolute Gasteiger partial charge is 0.315 e. The maximum Gasteiger partial charge on any atom is 0.315 e. The van der Waals surface area contributed by atoms with E-state index in [1.807, 2.05) is 0 Å². The molecule has 118 valence electrons. The number of carboxylic acid groups (broad SMARTS) is 1. The van der Waals surface area contributed by atoms with Gasteiger partial charge in [0.25, 0.3) is 0 Å². The van der Waals surface area contributed by atoms with Crippen LogP contribution in [0.2, 0.25) is 0 Å². The van der Waals surface area contributed by atoms with Gasteiger partial charge in [-0.05, 0) is 12.8 Å². The van der Waals surface area contributed by atoms with E-state index in [9.17, 15) is 19.5 Å². The molecule has 7 nitrogen and oxygen atoms in total. The van der Waals surface area contributed by atoms with Crippen molar-refractivity contribution in [2.24, 2.45) is 11.7 Å². The van der Waals surface area contributed by atoms with Crippen molar-refractivity contribution < 1.29 is 19.5 Å². The molecule has 2 fully saturated rings. The molecule has 0 aromatic carbocycles. The number of carbonyl (C=O) groups excluding carboxylic acids is 2. The molecule has 2 rings (SSSR count). The first-order valence-electron chi connectivity index (χ1n) is 6.75. The van der Waals surface area contributed by atoms with E-state index in [2.05, 4.69) is 10.6 Å². The van der Waals surface area contributed by atoms with Crippen LogP contribution in [-0.4, -0.2) is 50.0 Å². The molecule has 2 aliphatic heterocycles. The first-order chi connectivity index (χ1) is 9.90. The Morgan fingerprint density at radius 3 is 2.81 bits per heavy atom. The highest BCUT2D eigenvalue weighted by molar-refractivity contribution is 14.1. The van der Waals surface area contributed by atoms with Gasteiger partial charge in [-0.2, -0.15) is 11.8 Å². The topological polar surface area (TPSA) is 122 Å². The van der Waals surface area contributed by atoms with Gasteiger partial charge in [-0.25, -0.2) is 4.79 Å². The van der Waals surface area contributed by atoms with Gasteiger partial charge in [0.1, 0.15) is 3.92 Å². The predicted molar refractivity (Wildman–Crippen MR) is 87.5 cm³/mol. The largest absolute Gasteiger partial charge is 0.481 e. The highest BCUT2D eigenvalue weighted by Gasteiger charge is 2.42. The zero-order chi connectivity index (χ0) is 15.6. The van der Waals surface area contributed by atoms with E-state index in [4.69, 9.17) is 5.73 Å². The minimum Gasteiger partial charge on any atom is -0.481 e. The van der Waals surface area contributed by atoms with Crippen molar-refractivity contribution in [1.82, 2.24) is 10.6 Å². The summed E-state index contributed by atoms with van der Waals surface area (Å²) in [7, 11) is 0. The van der Waals surface area contributed by atoms with Crippen molar-refractivity contribution in [2.75, 3.05) is 5.75 Å². The monoisotopic (exact) mass is 427 g/mol. The summed E-state index contributed by atoms with van der Waals surface area (Å²) < 4.78 is -0.697. The van der Waals surface area contributed by atoms with Crippen LogP contribution < -0.4 is 16.4 Å². The number of fused-ring (bicyclic) bond motifs is 1. The molecule has 2 saturated heterocycles. The minimum absolute atomic E-state index is 0.123. The van der Waals surface area contributed by atoms with Crippen molar-refractivity contribution in [2.45, 2.75) is 40.5 Å². The summed E-state index contributed by atoms with van der Waals surface area (Å²) in [5.41, 5.74) is 5.18. The Labute approximate surface area is 140 Å². The molecule has 0 saturated carbocycles. The quantitative estimate of drug-likeness (QED) is 0.265. The Hall–Kier alpha value is -0.710. The lowest BCUT2D eigenvalue weighted by Gasteiger charge is -2.19. The van der Waals surface area contributed by atoms with Gasteiger partial charge in [0.05, 0.1) is 18.0 Å². The molecule has 0 aromatic heterocycles. The molecule has 0 bridgehead atoms. The highest BCUT2D eigenvalue weighted by atomic mass is 127. The third kappa shape index (κ3) is 3.93. The van der Waals surface area contributed by atoms with Gasteiger partial charge in [0.15, 0.2) is 0 Å². The Bertz CT molecular complexity index is 450. The van der Waals surface area contributed by atoms with Gasteiger partial charge in [-0.15, -0.1) is 0 Å². The minimum atomic E-state index is -0.985. The number of nitrogens with one attached hydrogen (secondary N) is 2. The van der Waals surface area contributed by atoms with Crippen LogP contribution in [0, 0.1) is 5.92 Å². The summed E-state index contributed by atoms with van der Waals surface area (Å²) in [5.74, 6) is -1.44. The molecule has 3 amide bonds. The lowest BCUT2D eigenvalue weighted by molar-refractivity contribution is -0.143. The van der Waals surface area contributed by atoms with E-state index in [1.165, 1.54) is 0 Å². The molecule has 5 N–H and O–H groups in total. The highest BCUT2D eigenvalue weighted by Crippen LogP contribution is 2.34. The first-order valence-corrected chi connectivity index (χ1v) is 9.04. The van der Waals surface area contributed by atoms with Crippen LogP contribution in [0.25, 0.3) is 0 Å². The van der Waals surface area contributed by atoms with E-state index < -0.39 is 21.7 Å². The molecule has 0 radical (unpaired) electrons. The van der Waals surface area contributed by atoms with Gasteiger partial charge in [-0.3, -0.25) is 9.59 Å². The van der Waals surface area contributed by atoms with Crippen molar-refractivity contribution >= 4 is 52.3 Å². The number of carbonyl (C=O) groups is 3. The maximum absolute atomic E-state index is 11.3. The SMILES string of the molecule is NC(=O)C(I)C(CCC[C@@H]1SC[C@@H]2NC(=O)N[C@@H]21)C(=O)O. The lowest BCUT2D eigenvalue weighted by atomic mass is 9.95. The summed E-state index contributed by atoms with van der Waals surface area (Å²) in [6.07, 6.45) is 1.93. The number of amides is 3. The van der Waals surface area contributed by atoms with Crippen LogP contribution in [0.4, 0.5) is 4.79 Å². The summed E-state index contributed by atoms with van der Waals surface area (Å²) >= 11 is 3.59. The van der Waals surface area contributed by atoms with E-state index in [1.54, 1.807) is 34.4 Å². The molecule has 0 spiro atoms. The molecular weight excluding hydrogens is 409 g/mol. The summed E-state index contributed by atoms with van der Waals surface area (Å²) in [6, 6.07) is 0.169. The number of carboxylic acids is 1. The summed E-state index contributed by atoms with van der Waals surface area (Å²) in [6.45, 7) is 0. The number of alkyl halides is 1. The van der Waals surface area contributed by atoms with Crippen LogP contribution in [0.5, 0.6) is 0 Å². The van der Waals surface area contributed by atoms with Crippen LogP contribution in [0.1, 0.15) is 19.3 Å². The number of hydrogen-bond acceptors (Lipinski definition) is 4. The van der Waals surface area contributed by atoms with E-state index in [0.717, 1.165) is 12.2 Å². The van der Waals surface area contributed by atoms with Crippen LogP contribution >= 0.6 is 34.4 Å². The van der Waals surface area contributed by atoms with Crippen LogP contribution in [0.15, 0.2) is 0 Å². The molecule has 21 heavy (non-hydrogen) atoms. The molecule has 2 unspecified atom stereocenters. The average Bonchev–Trinajstić information content (AvgIpc) is 2.93. The Morgan fingerprint density at radius 1 is 1.48 bits per heavy atom. The lowest BCUT2D eigenvalue weighted by Crippen LogP contribution is -2.37. The van der Waals surface area contributed by atoms with Gasteiger partial charge in [-0.1, -0.05) is 29.0 Å². The fourth-order valence-corrected chi connectivity index (χ4v) is 4.99. The van der Waals surface area contributed by atoms with Crippen LogP contribution in [0.3, 0.4) is 0 Å². The van der Waals surface area contributed by atoms with Crippen molar-refractivity contribution in [3.8, 4) is 0 Å². The van der Waals surface area contributed by atoms with E-state index in [-0.39, 0.29) is 18.1 Å². The molecule has 0 aromatic rings. The van der Waals surface area contributed by atoms with Gasteiger partial charge < -0.3 is 21.5 Å². The average molecular weight is 427 g/mol. The molecule has 2 aliphatic rings. The number of primary amides is 1. The molecule has 0 aliphatic carbocycles. The zero-order valence-electron chi connectivity index (χ0n) is 11.3. The summed E-state index contributed by atoms with van der Waals surface area (Å²) in [5, 5.41) is 15.3. The number of nitrogens with two attached hydrogens (primary N) is 1. The third-order valence-electron chi connectivity index (χ3n) is 3.88. The fourth-order valence-electron chi connectivity index (χ4n) is 2.78. The van der Waals surface area contributed by atoms with E-state index >= 15 is 0 Å². The second kappa shape index (κ2) is 7.03. The van der Waals surface area contributed by atoms with Gasteiger partial charge in [0, 0.05) is 11.0 Å². The summed E-state index contributed by atoms with van der Waals surface area (Å²) in [4.78, 5) is 33.6. The second-order valence-electron chi connectivity index (χ2n) is 5.30. The van der Waals surface area contributed by atoms with Crippen molar-refractivity contribution in [1.29, 1.82) is 0 Å². The number of hydrogen-bond donors (Lipinski definition) is 4. The Morgan fingerprint density at radius 2 is 2.19 bits per heavy atom. The number of rotatable bonds is 7. The fraction of sp³-hybridized carbons (Fsp3) is 0.750. The third-order valence-corrected chi connectivity index (χ3v) is 6.87.